The van der Waals surface area contributed by atoms with Crippen LogP contribution in [0.1, 0.15) is 48.1 Å². The van der Waals surface area contributed by atoms with Crippen LogP contribution in [0.2, 0.25) is 6.32 Å². The molecule has 0 aliphatic carbocycles. The quantitative estimate of drug-likeness (QED) is 0.198. The van der Waals surface area contributed by atoms with E-state index in [9.17, 15) is 0 Å². The van der Waals surface area contributed by atoms with E-state index in [1.807, 2.05) is 0 Å². The molecule has 1 aliphatic rings. The van der Waals surface area contributed by atoms with Gasteiger partial charge in [0.05, 0.1) is 18.8 Å². The molecule has 0 saturated carbocycles. The number of hydrogen-bond acceptors (Lipinski definition) is 3. The molecule has 0 unspecified atom stereocenters. The highest BCUT2D eigenvalue weighted by Gasteiger charge is 2.42. The van der Waals surface area contributed by atoms with Gasteiger partial charge in [0.15, 0.2) is 0 Å². The molecule has 182 valence electrons. The molecular weight excluding hydrogens is 441 g/mol. The molecule has 1 aliphatic heterocycles. The van der Waals surface area contributed by atoms with Crippen molar-refractivity contribution in [3.05, 3.63) is 144 Å². The Labute approximate surface area is 215 Å². The Balaban J connectivity index is 1.53. The largest absolute Gasteiger partial charge is 0.414 e. The minimum Gasteiger partial charge on any atom is -0.414 e. The third kappa shape index (κ3) is 5.17. The molecule has 1 N–H and O–H groups in total. The van der Waals surface area contributed by atoms with E-state index in [0.29, 0.717) is 6.61 Å². The van der Waals surface area contributed by atoms with Gasteiger partial charge in [-0.15, -0.1) is 0 Å². The Bertz CT molecular complexity index is 1090. The second-order valence-corrected chi connectivity index (χ2v) is 9.45. The van der Waals surface area contributed by atoms with Gasteiger partial charge in [-0.25, -0.2) is 0 Å². The minimum absolute atomic E-state index is 0.0309. The van der Waals surface area contributed by atoms with Gasteiger partial charge in [-0.05, 0) is 28.6 Å². The van der Waals surface area contributed by atoms with Crippen molar-refractivity contribution in [1.29, 1.82) is 0 Å². The SMILES string of the molecule is CCCCB1N[C@H](c2ccccc2)[C@H](COC(c2ccccc2)(c2ccccc2)c2ccccc2)O1. The van der Waals surface area contributed by atoms with Crippen molar-refractivity contribution in [3.8, 4) is 0 Å². The number of ether oxygens (including phenoxy) is 1. The summed E-state index contributed by atoms with van der Waals surface area (Å²) in [5.74, 6) is 0. The van der Waals surface area contributed by atoms with Gasteiger partial charge in [0.1, 0.15) is 5.60 Å². The molecule has 4 aromatic carbocycles. The van der Waals surface area contributed by atoms with Crippen molar-refractivity contribution in [2.75, 3.05) is 6.61 Å². The predicted molar refractivity (Wildman–Crippen MR) is 148 cm³/mol. The van der Waals surface area contributed by atoms with Gasteiger partial charge in [-0.3, -0.25) is 0 Å². The van der Waals surface area contributed by atoms with Gasteiger partial charge >= 0.3 is 7.05 Å². The lowest BCUT2D eigenvalue weighted by atomic mass is 9.77. The van der Waals surface area contributed by atoms with Crippen LogP contribution in [-0.2, 0) is 15.0 Å². The fourth-order valence-corrected chi connectivity index (χ4v) is 5.26. The molecule has 1 heterocycles. The average molecular weight is 475 g/mol. The number of benzene rings is 4. The molecular formula is C32H34BNO2. The monoisotopic (exact) mass is 475 g/mol. The average Bonchev–Trinajstić information content (AvgIpc) is 3.37. The van der Waals surface area contributed by atoms with E-state index in [1.54, 1.807) is 0 Å². The Morgan fingerprint density at radius 2 is 1.19 bits per heavy atom. The summed E-state index contributed by atoms with van der Waals surface area (Å²) in [5.41, 5.74) is 3.79. The maximum atomic E-state index is 7.11. The van der Waals surface area contributed by atoms with Crippen LogP contribution in [0.25, 0.3) is 0 Å². The molecule has 4 heteroatoms. The molecule has 36 heavy (non-hydrogen) atoms. The van der Waals surface area contributed by atoms with Crippen LogP contribution in [-0.4, -0.2) is 19.8 Å². The highest BCUT2D eigenvalue weighted by atomic mass is 16.5. The second kappa shape index (κ2) is 11.7. The van der Waals surface area contributed by atoms with Gasteiger partial charge in [-0.2, -0.15) is 0 Å². The van der Waals surface area contributed by atoms with E-state index in [1.165, 1.54) is 5.56 Å². The van der Waals surface area contributed by atoms with E-state index < -0.39 is 5.60 Å². The molecule has 0 bridgehead atoms. The summed E-state index contributed by atoms with van der Waals surface area (Å²) in [7, 11) is 0.0309. The van der Waals surface area contributed by atoms with Gasteiger partial charge in [0.25, 0.3) is 0 Å². The van der Waals surface area contributed by atoms with Gasteiger partial charge in [-0.1, -0.05) is 141 Å². The number of nitrogens with one attached hydrogen (secondary N) is 1. The summed E-state index contributed by atoms with van der Waals surface area (Å²) in [6.07, 6.45) is 3.18. The van der Waals surface area contributed by atoms with Crippen molar-refractivity contribution in [2.24, 2.45) is 0 Å². The first-order valence-corrected chi connectivity index (χ1v) is 13.1. The van der Waals surface area contributed by atoms with Crippen molar-refractivity contribution >= 4 is 7.05 Å². The van der Waals surface area contributed by atoms with Crippen LogP contribution in [0.5, 0.6) is 0 Å². The highest BCUT2D eigenvalue weighted by Crippen LogP contribution is 2.41. The first kappa shape index (κ1) is 24.5. The Morgan fingerprint density at radius 1 is 0.722 bits per heavy atom. The number of hydrogen-bond donors (Lipinski definition) is 1. The lowest BCUT2D eigenvalue weighted by Crippen LogP contribution is -2.37. The van der Waals surface area contributed by atoms with Crippen molar-refractivity contribution in [1.82, 2.24) is 5.23 Å². The molecule has 2 atom stereocenters. The van der Waals surface area contributed by atoms with Crippen molar-refractivity contribution in [2.45, 2.75) is 43.8 Å². The summed E-state index contributed by atoms with van der Waals surface area (Å²) >= 11 is 0. The zero-order valence-corrected chi connectivity index (χ0v) is 20.9. The number of unbranched alkanes of at least 4 members (excludes halogenated alkanes) is 1. The van der Waals surface area contributed by atoms with Gasteiger partial charge in [0, 0.05) is 0 Å². The summed E-state index contributed by atoms with van der Waals surface area (Å²) in [6, 6.07) is 42.3. The zero-order chi connectivity index (χ0) is 24.6. The van der Waals surface area contributed by atoms with Crippen LogP contribution in [0, 0.1) is 0 Å². The molecule has 3 nitrogen and oxygen atoms in total. The van der Waals surface area contributed by atoms with E-state index in [-0.39, 0.29) is 19.2 Å². The Hall–Kier alpha value is -3.18. The minimum atomic E-state index is -0.754. The molecule has 1 fully saturated rings. The van der Waals surface area contributed by atoms with Crippen LogP contribution >= 0.6 is 0 Å². The summed E-state index contributed by atoms with van der Waals surface area (Å²) in [5, 5.41) is 3.75. The summed E-state index contributed by atoms with van der Waals surface area (Å²) in [6.45, 7) is 2.67. The van der Waals surface area contributed by atoms with Crippen LogP contribution < -0.4 is 5.23 Å². The lowest BCUT2D eigenvalue weighted by Gasteiger charge is -2.37. The predicted octanol–water partition coefficient (Wildman–Crippen LogP) is 7.01. The smallest absolute Gasteiger partial charge is 0.380 e. The molecule has 4 aromatic rings. The Morgan fingerprint density at radius 3 is 1.67 bits per heavy atom. The van der Waals surface area contributed by atoms with E-state index >= 15 is 0 Å². The Kier molecular flexibility index (Phi) is 7.97. The zero-order valence-electron chi connectivity index (χ0n) is 20.9. The lowest BCUT2D eigenvalue weighted by molar-refractivity contribution is -0.0311. The molecule has 0 radical (unpaired) electrons. The normalized spacial score (nSPS) is 17.9. The number of rotatable bonds is 10. The van der Waals surface area contributed by atoms with Crippen LogP contribution in [0.15, 0.2) is 121 Å². The molecule has 1 saturated heterocycles. The summed E-state index contributed by atoms with van der Waals surface area (Å²) < 4.78 is 13.7. The van der Waals surface area contributed by atoms with E-state index in [4.69, 9.17) is 9.39 Å². The second-order valence-electron chi connectivity index (χ2n) is 9.45. The molecule has 0 spiro atoms. The topological polar surface area (TPSA) is 30.5 Å². The summed E-state index contributed by atoms with van der Waals surface area (Å²) in [4.78, 5) is 0. The van der Waals surface area contributed by atoms with Crippen LogP contribution in [0.3, 0.4) is 0 Å². The van der Waals surface area contributed by atoms with E-state index in [2.05, 4.69) is 133 Å². The fourth-order valence-electron chi connectivity index (χ4n) is 5.26. The fraction of sp³-hybridized carbons (Fsp3) is 0.250. The standard InChI is InChI=1S/C32H34BNO2/c1-2-3-24-33-34-31(26-16-8-4-9-17-26)30(36-33)25-35-32(27-18-10-5-11-19-27,28-20-12-6-13-21-28)29-22-14-7-15-23-29/h4-23,30-31,34H,2-3,24-25H2,1H3/t30-,31+/m0/s1. The van der Waals surface area contributed by atoms with Gasteiger partial charge in [0.2, 0.25) is 0 Å². The third-order valence-electron chi connectivity index (χ3n) is 7.06. The third-order valence-corrected chi connectivity index (χ3v) is 7.06. The van der Waals surface area contributed by atoms with Crippen LogP contribution in [0.4, 0.5) is 0 Å². The first-order chi connectivity index (χ1) is 17.8. The van der Waals surface area contributed by atoms with Crippen molar-refractivity contribution in [3.63, 3.8) is 0 Å². The maximum Gasteiger partial charge on any atom is 0.380 e. The molecule has 0 amide bonds. The first-order valence-electron chi connectivity index (χ1n) is 13.1. The molecule has 5 rings (SSSR count). The maximum absolute atomic E-state index is 7.11. The van der Waals surface area contributed by atoms with Gasteiger partial charge < -0.3 is 14.6 Å². The highest BCUT2D eigenvalue weighted by molar-refractivity contribution is 6.49. The van der Waals surface area contributed by atoms with E-state index in [0.717, 1.165) is 35.9 Å². The molecule has 0 aromatic heterocycles. The van der Waals surface area contributed by atoms with Crippen molar-refractivity contribution < 1.29 is 9.39 Å².